The van der Waals surface area contributed by atoms with E-state index in [1.807, 2.05) is 6.07 Å². The Labute approximate surface area is 87.8 Å². The van der Waals surface area contributed by atoms with Crippen LogP contribution in [0.15, 0.2) is 23.2 Å². The van der Waals surface area contributed by atoms with Gasteiger partial charge in [-0.15, -0.1) is 0 Å². The van der Waals surface area contributed by atoms with Crippen LogP contribution in [0, 0.1) is 5.82 Å². The maximum absolute atomic E-state index is 13.1. The molecule has 1 aromatic carbocycles. The number of benzene rings is 1. The molecule has 2 rings (SSSR count). The van der Waals surface area contributed by atoms with Crippen molar-refractivity contribution in [1.82, 2.24) is 0 Å². The monoisotopic (exact) mass is 205 g/mol. The number of hydrogen-bond acceptors (Lipinski definition) is 2. The second-order valence-corrected chi connectivity index (χ2v) is 3.86. The quantitative estimate of drug-likeness (QED) is 0.539. The second-order valence-electron chi connectivity index (χ2n) is 3.86. The molecule has 0 radical (unpaired) electrons. The lowest BCUT2D eigenvalue weighted by atomic mass is 9.83. The van der Waals surface area contributed by atoms with Crippen molar-refractivity contribution in [2.75, 3.05) is 6.54 Å². The lowest BCUT2D eigenvalue weighted by Gasteiger charge is -2.23. The van der Waals surface area contributed by atoms with Gasteiger partial charge in [-0.05, 0) is 42.5 Å². The van der Waals surface area contributed by atoms with Gasteiger partial charge in [0.25, 0.3) is 0 Å². The predicted molar refractivity (Wildman–Crippen MR) is 55.1 cm³/mol. The highest BCUT2D eigenvalue weighted by Crippen LogP contribution is 2.32. The van der Waals surface area contributed by atoms with E-state index in [1.54, 1.807) is 12.1 Å². The van der Waals surface area contributed by atoms with Crippen LogP contribution in [-0.2, 0) is 11.2 Å². The molecule has 1 aromatic rings. The molecule has 0 saturated carbocycles. The Morgan fingerprint density at radius 1 is 1.53 bits per heavy atom. The van der Waals surface area contributed by atoms with Crippen LogP contribution in [0.25, 0.3) is 0 Å². The van der Waals surface area contributed by atoms with E-state index in [0.717, 1.165) is 24.8 Å². The van der Waals surface area contributed by atoms with E-state index >= 15 is 0 Å². The zero-order chi connectivity index (χ0) is 10.7. The average Bonchev–Trinajstić information content (AvgIpc) is 2.26. The molecule has 0 bridgehead atoms. The second kappa shape index (κ2) is 4.37. The normalized spacial score (nSPS) is 19.1. The largest absolute Gasteiger partial charge is 0.234 e. The third-order valence-electron chi connectivity index (χ3n) is 2.92. The van der Waals surface area contributed by atoms with Gasteiger partial charge < -0.3 is 0 Å². The summed E-state index contributed by atoms with van der Waals surface area (Å²) >= 11 is 0. The van der Waals surface area contributed by atoms with E-state index in [2.05, 4.69) is 4.99 Å². The highest BCUT2D eigenvalue weighted by atomic mass is 19.1. The van der Waals surface area contributed by atoms with Crippen LogP contribution >= 0.6 is 0 Å². The van der Waals surface area contributed by atoms with E-state index < -0.39 is 0 Å². The first-order valence-electron chi connectivity index (χ1n) is 5.13. The molecule has 0 aliphatic heterocycles. The summed E-state index contributed by atoms with van der Waals surface area (Å²) in [6.07, 6.45) is 4.59. The minimum Gasteiger partial charge on any atom is -0.211 e. The third-order valence-corrected chi connectivity index (χ3v) is 2.92. The van der Waals surface area contributed by atoms with E-state index in [-0.39, 0.29) is 11.7 Å². The molecule has 1 aliphatic rings. The fourth-order valence-corrected chi connectivity index (χ4v) is 2.21. The molecular formula is C12H12FNO. The van der Waals surface area contributed by atoms with Gasteiger partial charge in [-0.3, -0.25) is 0 Å². The summed E-state index contributed by atoms with van der Waals surface area (Å²) in [6, 6.07) is 4.89. The van der Waals surface area contributed by atoms with E-state index in [1.165, 1.54) is 11.6 Å². The number of isocyanates is 1. The molecule has 0 saturated heterocycles. The number of hydrogen-bond donors (Lipinski definition) is 0. The van der Waals surface area contributed by atoms with Gasteiger partial charge in [-0.2, -0.15) is 0 Å². The Morgan fingerprint density at radius 3 is 3.20 bits per heavy atom. The Balaban J connectivity index is 2.31. The zero-order valence-electron chi connectivity index (χ0n) is 8.37. The van der Waals surface area contributed by atoms with Gasteiger partial charge in [0.05, 0.1) is 6.54 Å². The van der Waals surface area contributed by atoms with Crippen molar-refractivity contribution in [2.45, 2.75) is 25.2 Å². The van der Waals surface area contributed by atoms with Crippen molar-refractivity contribution in [1.29, 1.82) is 0 Å². The van der Waals surface area contributed by atoms with Gasteiger partial charge in [0.1, 0.15) is 5.82 Å². The first kappa shape index (κ1) is 10.1. The minimum atomic E-state index is -0.212. The van der Waals surface area contributed by atoms with Crippen LogP contribution in [0.1, 0.15) is 29.9 Å². The number of carbonyl (C=O) groups excluding carboxylic acids is 1. The summed E-state index contributed by atoms with van der Waals surface area (Å²) in [5.74, 6) is -0.0263. The van der Waals surface area contributed by atoms with Gasteiger partial charge in [0.2, 0.25) is 6.08 Å². The van der Waals surface area contributed by atoms with Crippen molar-refractivity contribution >= 4 is 6.08 Å². The van der Waals surface area contributed by atoms with E-state index in [4.69, 9.17) is 0 Å². The molecule has 1 unspecified atom stereocenters. The molecule has 0 N–H and O–H groups in total. The first-order valence-corrected chi connectivity index (χ1v) is 5.13. The van der Waals surface area contributed by atoms with Gasteiger partial charge in [0, 0.05) is 5.92 Å². The van der Waals surface area contributed by atoms with Crippen molar-refractivity contribution in [3.05, 3.63) is 35.1 Å². The molecule has 0 aromatic heterocycles. The van der Waals surface area contributed by atoms with Crippen LogP contribution in [0.4, 0.5) is 4.39 Å². The highest BCUT2D eigenvalue weighted by Gasteiger charge is 2.20. The Bertz CT molecular complexity index is 410. The number of aryl methyl sites for hydroxylation is 1. The molecule has 1 aliphatic carbocycles. The van der Waals surface area contributed by atoms with Crippen LogP contribution in [-0.4, -0.2) is 12.6 Å². The lowest BCUT2D eigenvalue weighted by Crippen LogP contribution is -2.12. The molecule has 0 heterocycles. The van der Waals surface area contributed by atoms with E-state index in [9.17, 15) is 9.18 Å². The first-order chi connectivity index (χ1) is 7.31. The molecule has 2 nitrogen and oxygen atoms in total. The number of halogens is 1. The molecule has 0 spiro atoms. The lowest BCUT2D eigenvalue weighted by molar-refractivity contribution is 0.538. The Hall–Kier alpha value is -1.47. The Morgan fingerprint density at radius 2 is 2.40 bits per heavy atom. The fraction of sp³-hybridized carbons (Fsp3) is 0.417. The summed E-state index contributed by atoms with van der Waals surface area (Å²) in [5.41, 5.74) is 2.20. The van der Waals surface area contributed by atoms with Crippen LogP contribution in [0.5, 0.6) is 0 Å². The average molecular weight is 205 g/mol. The Kier molecular flexibility index (Phi) is 2.93. The number of nitrogens with zero attached hydrogens (tertiary/aromatic N) is 1. The molecule has 1 atom stereocenters. The molecule has 3 heteroatoms. The van der Waals surface area contributed by atoms with Gasteiger partial charge in [-0.25, -0.2) is 14.2 Å². The third kappa shape index (κ3) is 2.13. The highest BCUT2D eigenvalue weighted by molar-refractivity contribution is 5.36. The van der Waals surface area contributed by atoms with Crippen LogP contribution in [0.3, 0.4) is 0 Å². The smallest absolute Gasteiger partial charge is 0.211 e. The molecular weight excluding hydrogens is 193 g/mol. The summed E-state index contributed by atoms with van der Waals surface area (Å²) in [5, 5.41) is 0. The van der Waals surface area contributed by atoms with Gasteiger partial charge >= 0.3 is 0 Å². The van der Waals surface area contributed by atoms with Gasteiger partial charge in [-0.1, -0.05) is 6.07 Å². The summed E-state index contributed by atoms with van der Waals surface area (Å²) in [4.78, 5) is 13.7. The van der Waals surface area contributed by atoms with Gasteiger partial charge in [0.15, 0.2) is 0 Å². The standard InChI is InChI=1S/C12H12FNO/c13-11-5-4-9-2-1-3-10(7-14-8-15)12(9)6-11/h4-6,10H,1-3,7H2. The minimum absolute atomic E-state index is 0.186. The molecule has 0 fully saturated rings. The van der Waals surface area contributed by atoms with Crippen LogP contribution < -0.4 is 0 Å². The van der Waals surface area contributed by atoms with E-state index in [0.29, 0.717) is 6.54 Å². The summed E-state index contributed by atoms with van der Waals surface area (Å²) in [7, 11) is 0. The zero-order valence-corrected chi connectivity index (χ0v) is 8.37. The summed E-state index contributed by atoms with van der Waals surface area (Å²) < 4.78 is 13.1. The number of rotatable bonds is 2. The van der Waals surface area contributed by atoms with Crippen molar-refractivity contribution in [3.63, 3.8) is 0 Å². The van der Waals surface area contributed by atoms with Crippen molar-refractivity contribution in [3.8, 4) is 0 Å². The number of fused-ring (bicyclic) bond motifs is 1. The molecule has 0 amide bonds. The maximum Gasteiger partial charge on any atom is 0.234 e. The SMILES string of the molecule is O=C=NCC1CCCc2ccc(F)cc21. The maximum atomic E-state index is 13.1. The number of aliphatic imine (C=N–C) groups is 1. The topological polar surface area (TPSA) is 29.4 Å². The van der Waals surface area contributed by atoms with Crippen molar-refractivity contribution in [2.24, 2.45) is 4.99 Å². The molecule has 78 valence electrons. The predicted octanol–water partition coefficient (Wildman–Crippen LogP) is 2.58. The van der Waals surface area contributed by atoms with Crippen molar-refractivity contribution < 1.29 is 9.18 Å². The summed E-state index contributed by atoms with van der Waals surface area (Å²) in [6.45, 7) is 0.431. The van der Waals surface area contributed by atoms with Crippen LogP contribution in [0.2, 0.25) is 0 Å². The molecule has 15 heavy (non-hydrogen) atoms. The fourth-order valence-electron chi connectivity index (χ4n) is 2.21.